The molecule has 0 aliphatic carbocycles. The maximum atomic E-state index is 12.1. The van der Waals surface area contributed by atoms with Crippen LogP contribution < -0.4 is 10.6 Å². The van der Waals surface area contributed by atoms with Crippen LogP contribution in [0.4, 0.5) is 5.82 Å². The number of carbonyl (C=O) groups excluding carboxylic acids is 1. The highest BCUT2D eigenvalue weighted by Gasteiger charge is 2.16. The summed E-state index contributed by atoms with van der Waals surface area (Å²) in [5, 5.41) is 6.82. The van der Waals surface area contributed by atoms with Gasteiger partial charge in [-0.15, -0.1) is 0 Å². The molecule has 7 nitrogen and oxygen atoms in total. The van der Waals surface area contributed by atoms with Crippen molar-refractivity contribution in [1.29, 1.82) is 0 Å². The fraction of sp³-hybridized carbons (Fsp3) is 0.316. The summed E-state index contributed by atoms with van der Waals surface area (Å²) in [5.41, 5.74) is 3.10. The Bertz CT molecular complexity index is 942. The minimum absolute atomic E-state index is 0.0356. The Kier molecular flexibility index (Phi) is 4.30. The average molecular weight is 350 g/mol. The number of rotatable bonds is 4. The highest BCUT2D eigenvalue weighted by atomic mass is 16.2. The number of aromatic nitrogens is 3. The largest absolute Gasteiger partial charge is 0.366 e. The molecule has 1 atom stereocenters. The maximum absolute atomic E-state index is 12.1. The van der Waals surface area contributed by atoms with Crippen molar-refractivity contribution in [3.05, 3.63) is 48.3 Å². The van der Waals surface area contributed by atoms with E-state index in [0.29, 0.717) is 11.6 Å². The minimum Gasteiger partial charge on any atom is -0.366 e. The first-order chi connectivity index (χ1) is 12.6. The van der Waals surface area contributed by atoms with Gasteiger partial charge >= 0.3 is 0 Å². The van der Waals surface area contributed by atoms with Gasteiger partial charge in [-0.3, -0.25) is 9.20 Å². The summed E-state index contributed by atoms with van der Waals surface area (Å²) < 4.78 is 1.95. The lowest BCUT2D eigenvalue weighted by Gasteiger charge is -2.13. The molecule has 3 aromatic rings. The Morgan fingerprint density at radius 3 is 3.00 bits per heavy atom. The zero-order chi connectivity index (χ0) is 18.1. The molecule has 3 aromatic heterocycles. The molecular formula is C19H22N6O. The average Bonchev–Trinajstić information content (AvgIpc) is 3.30. The van der Waals surface area contributed by atoms with Crippen LogP contribution in [0.2, 0.25) is 0 Å². The molecule has 26 heavy (non-hydrogen) atoms. The second-order valence-electron chi connectivity index (χ2n) is 6.73. The van der Waals surface area contributed by atoms with Gasteiger partial charge in [0.25, 0.3) is 5.91 Å². The van der Waals surface area contributed by atoms with Crippen LogP contribution in [0.25, 0.3) is 17.0 Å². The molecule has 4 rings (SSSR count). The third-order valence-corrected chi connectivity index (χ3v) is 4.59. The van der Waals surface area contributed by atoms with E-state index in [0.717, 1.165) is 42.4 Å². The molecule has 1 saturated heterocycles. The Labute approximate surface area is 152 Å². The summed E-state index contributed by atoms with van der Waals surface area (Å²) >= 11 is 0. The highest BCUT2D eigenvalue weighted by Crippen LogP contribution is 2.22. The number of pyridine rings is 2. The fourth-order valence-electron chi connectivity index (χ4n) is 3.21. The molecule has 4 heterocycles. The number of imidazole rings is 1. The minimum atomic E-state index is -0.0356. The van der Waals surface area contributed by atoms with Crippen LogP contribution in [0.15, 0.2) is 42.7 Å². The van der Waals surface area contributed by atoms with Crippen molar-refractivity contribution in [2.75, 3.05) is 32.5 Å². The van der Waals surface area contributed by atoms with Crippen molar-refractivity contribution >= 4 is 17.4 Å². The molecule has 1 amide bonds. The van der Waals surface area contributed by atoms with Gasteiger partial charge in [0.1, 0.15) is 11.5 Å². The number of hydrogen-bond donors (Lipinski definition) is 2. The van der Waals surface area contributed by atoms with Gasteiger partial charge in [0.2, 0.25) is 0 Å². The molecule has 1 unspecified atom stereocenters. The third kappa shape index (κ3) is 3.13. The number of hydrogen-bond acceptors (Lipinski definition) is 5. The number of nitrogens with zero attached hydrogens (tertiary/aromatic N) is 4. The number of anilines is 1. The molecule has 0 bridgehead atoms. The summed E-state index contributed by atoms with van der Waals surface area (Å²) in [6, 6.07) is 9.99. The molecule has 134 valence electrons. The Balaban J connectivity index is 1.65. The summed E-state index contributed by atoms with van der Waals surface area (Å²) in [4.78, 5) is 22.9. The van der Waals surface area contributed by atoms with E-state index in [1.807, 2.05) is 34.9 Å². The third-order valence-electron chi connectivity index (χ3n) is 4.59. The molecule has 2 N–H and O–H groups in total. The van der Waals surface area contributed by atoms with Crippen molar-refractivity contribution in [2.24, 2.45) is 0 Å². The summed E-state index contributed by atoms with van der Waals surface area (Å²) in [5.74, 6) is 0.831. The van der Waals surface area contributed by atoms with E-state index in [4.69, 9.17) is 4.98 Å². The number of carbonyl (C=O) groups is 1. The van der Waals surface area contributed by atoms with E-state index in [1.165, 1.54) is 0 Å². The summed E-state index contributed by atoms with van der Waals surface area (Å²) in [7, 11) is 3.48. The van der Waals surface area contributed by atoms with Crippen molar-refractivity contribution in [2.45, 2.75) is 12.5 Å². The lowest BCUT2D eigenvalue weighted by Crippen LogP contribution is -2.22. The van der Waals surface area contributed by atoms with Gasteiger partial charge in [-0.2, -0.15) is 0 Å². The standard InChI is InChI=1S/C19H22N6O/c1-24(2)19(26)13-7-9-25-16(12-21-18(25)10-13)15-4-3-5-17(23-15)22-14-6-8-20-11-14/h3-5,7,9-10,12,14,20H,6,8,11H2,1-2H3,(H,22,23). The zero-order valence-electron chi connectivity index (χ0n) is 14.9. The molecular weight excluding hydrogens is 328 g/mol. The second kappa shape index (κ2) is 6.76. The number of amides is 1. The molecule has 0 spiro atoms. The van der Waals surface area contributed by atoms with Gasteiger partial charge in [-0.25, -0.2) is 9.97 Å². The summed E-state index contributed by atoms with van der Waals surface area (Å²) in [6.45, 7) is 2.00. The van der Waals surface area contributed by atoms with Gasteiger partial charge in [0.15, 0.2) is 0 Å². The lowest BCUT2D eigenvalue weighted by atomic mass is 10.2. The van der Waals surface area contributed by atoms with Crippen LogP contribution in [0, 0.1) is 0 Å². The van der Waals surface area contributed by atoms with E-state index in [2.05, 4.69) is 15.6 Å². The number of fused-ring (bicyclic) bond motifs is 1. The van der Waals surface area contributed by atoms with Crippen molar-refractivity contribution in [1.82, 2.24) is 24.6 Å². The molecule has 1 fully saturated rings. The monoisotopic (exact) mass is 350 g/mol. The van der Waals surface area contributed by atoms with Crippen LogP contribution in [0.3, 0.4) is 0 Å². The predicted molar refractivity (Wildman–Crippen MR) is 101 cm³/mol. The Morgan fingerprint density at radius 2 is 2.23 bits per heavy atom. The molecule has 0 radical (unpaired) electrons. The summed E-state index contributed by atoms with van der Waals surface area (Å²) in [6.07, 6.45) is 4.77. The van der Waals surface area contributed by atoms with Gasteiger partial charge < -0.3 is 15.5 Å². The van der Waals surface area contributed by atoms with E-state index < -0.39 is 0 Å². The van der Waals surface area contributed by atoms with Crippen LogP contribution in [0.5, 0.6) is 0 Å². The van der Waals surface area contributed by atoms with E-state index in [1.54, 1.807) is 31.3 Å². The zero-order valence-corrected chi connectivity index (χ0v) is 14.9. The lowest BCUT2D eigenvalue weighted by molar-refractivity contribution is 0.0827. The first-order valence-electron chi connectivity index (χ1n) is 8.75. The van der Waals surface area contributed by atoms with Crippen LogP contribution in [-0.2, 0) is 0 Å². The SMILES string of the molecule is CN(C)C(=O)c1ccn2c(-c3cccc(NC4CCNC4)n3)cnc2c1. The molecule has 1 aliphatic rings. The predicted octanol–water partition coefficient (Wildman–Crippen LogP) is 1.87. The van der Waals surface area contributed by atoms with Gasteiger partial charge in [0, 0.05) is 38.4 Å². The van der Waals surface area contributed by atoms with Gasteiger partial charge in [0.05, 0.1) is 17.6 Å². The fourth-order valence-corrected chi connectivity index (χ4v) is 3.21. The smallest absolute Gasteiger partial charge is 0.253 e. The topological polar surface area (TPSA) is 74.6 Å². The van der Waals surface area contributed by atoms with Gasteiger partial charge in [-0.1, -0.05) is 6.07 Å². The normalized spacial score (nSPS) is 16.8. The van der Waals surface area contributed by atoms with E-state index >= 15 is 0 Å². The number of nitrogens with one attached hydrogen (secondary N) is 2. The molecule has 7 heteroatoms. The van der Waals surface area contributed by atoms with Crippen LogP contribution in [-0.4, -0.2) is 58.4 Å². The van der Waals surface area contributed by atoms with Crippen molar-refractivity contribution in [3.63, 3.8) is 0 Å². The molecule has 0 saturated carbocycles. The quantitative estimate of drug-likeness (QED) is 0.751. The van der Waals surface area contributed by atoms with Crippen molar-refractivity contribution < 1.29 is 4.79 Å². The first-order valence-corrected chi connectivity index (χ1v) is 8.75. The van der Waals surface area contributed by atoms with Gasteiger partial charge in [-0.05, 0) is 37.2 Å². The van der Waals surface area contributed by atoms with E-state index in [-0.39, 0.29) is 5.91 Å². The Morgan fingerprint density at radius 1 is 1.35 bits per heavy atom. The molecule has 0 aromatic carbocycles. The van der Waals surface area contributed by atoms with E-state index in [9.17, 15) is 4.79 Å². The van der Waals surface area contributed by atoms with Crippen molar-refractivity contribution in [3.8, 4) is 11.4 Å². The second-order valence-corrected chi connectivity index (χ2v) is 6.73. The molecule has 1 aliphatic heterocycles. The van der Waals surface area contributed by atoms with Crippen LogP contribution in [0.1, 0.15) is 16.8 Å². The Hall–Kier alpha value is -2.93. The highest BCUT2D eigenvalue weighted by molar-refractivity contribution is 5.94. The first kappa shape index (κ1) is 16.5. The van der Waals surface area contributed by atoms with Crippen LogP contribution >= 0.6 is 0 Å². The maximum Gasteiger partial charge on any atom is 0.253 e.